The van der Waals surface area contributed by atoms with E-state index in [2.05, 4.69) is 30.7 Å². The molecule has 2 aliphatic rings. The Labute approximate surface area is 218 Å². The molecule has 2 amide bonds. The molecule has 38 heavy (non-hydrogen) atoms. The maximum Gasteiger partial charge on any atom is 0.259 e. The van der Waals surface area contributed by atoms with Crippen LogP contribution in [0.2, 0.25) is 0 Å². The van der Waals surface area contributed by atoms with Gasteiger partial charge in [0.15, 0.2) is 0 Å². The van der Waals surface area contributed by atoms with Gasteiger partial charge in [-0.1, -0.05) is 19.3 Å². The number of aromatic nitrogens is 5. The SMILES string of the molecule is Cn1cc(-c2cn3ncc(C(=O)Nc4cc(NC(=O)C5CN(C6CCCCC6)C5)ccc4F)c3cn2)cn1. The van der Waals surface area contributed by atoms with Crippen LogP contribution in [0.15, 0.2) is 49.2 Å². The largest absolute Gasteiger partial charge is 0.326 e. The smallest absolute Gasteiger partial charge is 0.259 e. The summed E-state index contributed by atoms with van der Waals surface area (Å²) in [5.41, 5.74) is 2.62. The third-order valence-corrected chi connectivity index (χ3v) is 7.50. The minimum Gasteiger partial charge on any atom is -0.326 e. The van der Waals surface area contributed by atoms with E-state index in [-0.39, 0.29) is 23.1 Å². The Balaban J connectivity index is 1.11. The lowest BCUT2D eigenvalue weighted by atomic mass is 9.88. The van der Waals surface area contributed by atoms with Crippen LogP contribution in [-0.4, -0.2) is 60.2 Å². The molecule has 0 atom stereocenters. The van der Waals surface area contributed by atoms with Gasteiger partial charge in [-0.3, -0.25) is 24.2 Å². The van der Waals surface area contributed by atoms with Crippen molar-refractivity contribution in [3.05, 3.63) is 60.6 Å². The second-order valence-corrected chi connectivity index (χ2v) is 10.1. The van der Waals surface area contributed by atoms with Crippen LogP contribution in [0.4, 0.5) is 15.8 Å². The minimum atomic E-state index is -0.600. The number of anilines is 2. The highest BCUT2D eigenvalue weighted by Crippen LogP contribution is 2.30. The van der Waals surface area contributed by atoms with Crippen LogP contribution in [0.25, 0.3) is 16.8 Å². The zero-order chi connectivity index (χ0) is 26.2. The molecular formula is C27H29FN8O2. The molecule has 3 aromatic heterocycles. The van der Waals surface area contributed by atoms with Gasteiger partial charge in [-0.05, 0) is 31.0 Å². The van der Waals surface area contributed by atoms with Gasteiger partial charge in [0, 0.05) is 43.6 Å². The van der Waals surface area contributed by atoms with Crippen LogP contribution in [0.5, 0.6) is 0 Å². The van der Waals surface area contributed by atoms with Crippen molar-refractivity contribution in [2.75, 3.05) is 23.7 Å². The lowest BCUT2D eigenvalue weighted by molar-refractivity contribution is -0.126. The van der Waals surface area contributed by atoms with E-state index in [1.807, 2.05) is 13.2 Å². The van der Waals surface area contributed by atoms with Gasteiger partial charge >= 0.3 is 0 Å². The predicted molar refractivity (Wildman–Crippen MR) is 140 cm³/mol. The van der Waals surface area contributed by atoms with E-state index >= 15 is 0 Å². The first kappa shape index (κ1) is 24.2. The third-order valence-electron chi connectivity index (χ3n) is 7.50. The first-order chi connectivity index (χ1) is 18.4. The summed E-state index contributed by atoms with van der Waals surface area (Å²) >= 11 is 0. The zero-order valence-corrected chi connectivity index (χ0v) is 21.1. The van der Waals surface area contributed by atoms with Crippen LogP contribution in [-0.2, 0) is 11.8 Å². The summed E-state index contributed by atoms with van der Waals surface area (Å²) in [6, 6.07) is 4.77. The summed E-state index contributed by atoms with van der Waals surface area (Å²) in [5, 5.41) is 13.9. The van der Waals surface area contributed by atoms with E-state index in [0.29, 0.717) is 22.9 Å². The summed E-state index contributed by atoms with van der Waals surface area (Å²) in [6.07, 6.45) is 14.4. The maximum atomic E-state index is 14.6. The van der Waals surface area contributed by atoms with E-state index in [0.717, 1.165) is 18.7 Å². The Morgan fingerprint density at radius 2 is 1.82 bits per heavy atom. The van der Waals surface area contributed by atoms with Gasteiger partial charge in [-0.25, -0.2) is 8.91 Å². The van der Waals surface area contributed by atoms with Crippen LogP contribution < -0.4 is 10.6 Å². The molecule has 1 aliphatic heterocycles. The van der Waals surface area contributed by atoms with E-state index in [4.69, 9.17) is 0 Å². The summed E-state index contributed by atoms with van der Waals surface area (Å²) in [7, 11) is 1.82. The number of carbonyl (C=O) groups is 2. The maximum absolute atomic E-state index is 14.6. The highest BCUT2D eigenvalue weighted by Gasteiger charge is 2.37. The van der Waals surface area contributed by atoms with Gasteiger partial charge in [0.1, 0.15) is 5.82 Å². The summed E-state index contributed by atoms with van der Waals surface area (Å²) < 4.78 is 17.8. The first-order valence-corrected chi connectivity index (χ1v) is 12.9. The molecule has 1 aromatic carbocycles. The second-order valence-electron chi connectivity index (χ2n) is 10.1. The lowest BCUT2D eigenvalue weighted by Crippen LogP contribution is -2.56. The molecule has 1 aliphatic carbocycles. The number of carbonyl (C=O) groups excluding carboxylic acids is 2. The topological polar surface area (TPSA) is 109 Å². The van der Waals surface area contributed by atoms with Crippen LogP contribution in [0.1, 0.15) is 42.5 Å². The Morgan fingerprint density at radius 1 is 1.00 bits per heavy atom. The molecule has 0 bridgehead atoms. The highest BCUT2D eigenvalue weighted by atomic mass is 19.1. The fourth-order valence-electron chi connectivity index (χ4n) is 5.32. The molecule has 0 spiro atoms. The summed E-state index contributed by atoms with van der Waals surface area (Å²) in [4.78, 5) is 32.6. The number of nitrogens with zero attached hydrogens (tertiary/aromatic N) is 6. The molecule has 2 N–H and O–H groups in total. The number of aryl methyl sites for hydroxylation is 1. The van der Waals surface area contributed by atoms with E-state index in [9.17, 15) is 14.0 Å². The number of rotatable bonds is 6. The number of amides is 2. The average molecular weight is 517 g/mol. The van der Waals surface area contributed by atoms with Crippen molar-refractivity contribution >= 4 is 28.7 Å². The molecule has 4 aromatic rings. The van der Waals surface area contributed by atoms with Crippen molar-refractivity contribution in [2.24, 2.45) is 13.0 Å². The van der Waals surface area contributed by atoms with E-state index < -0.39 is 11.7 Å². The fraction of sp³-hybridized carbons (Fsp3) is 0.370. The molecule has 11 heteroatoms. The Hall–Kier alpha value is -4.12. The number of hydrogen-bond donors (Lipinski definition) is 2. The molecule has 0 unspecified atom stereocenters. The van der Waals surface area contributed by atoms with Crippen molar-refractivity contribution in [1.82, 2.24) is 29.3 Å². The first-order valence-electron chi connectivity index (χ1n) is 12.9. The number of fused-ring (bicyclic) bond motifs is 1. The van der Waals surface area contributed by atoms with Crippen LogP contribution in [0.3, 0.4) is 0 Å². The predicted octanol–water partition coefficient (Wildman–Crippen LogP) is 3.72. The lowest BCUT2D eigenvalue weighted by Gasteiger charge is -2.45. The molecule has 1 saturated carbocycles. The number of halogens is 1. The van der Waals surface area contributed by atoms with Crippen molar-refractivity contribution in [1.29, 1.82) is 0 Å². The standard InChI is InChI=1S/C27H29FN8O2/c1-34-13-17(10-30-34)24-16-36-25(12-29-24)21(11-31-36)27(38)33-23-9-19(7-8-22(23)28)32-26(37)18-14-35(15-18)20-5-3-2-4-6-20/h7-13,16,18,20H,2-6,14-15H2,1H3,(H,32,37)(H,33,38). The number of hydrogen-bond acceptors (Lipinski definition) is 6. The normalized spacial score (nSPS) is 16.9. The summed E-state index contributed by atoms with van der Waals surface area (Å²) in [6.45, 7) is 1.51. The molecule has 0 radical (unpaired) electrons. The third kappa shape index (κ3) is 4.76. The van der Waals surface area contributed by atoms with Crippen LogP contribution in [0, 0.1) is 11.7 Å². The zero-order valence-electron chi connectivity index (χ0n) is 21.1. The van der Waals surface area contributed by atoms with Gasteiger partial charge < -0.3 is 10.6 Å². The Kier molecular flexibility index (Phi) is 6.36. The van der Waals surface area contributed by atoms with E-state index in [1.165, 1.54) is 56.5 Å². The second kappa shape index (κ2) is 9.97. The van der Waals surface area contributed by atoms with Gasteiger partial charge in [-0.2, -0.15) is 10.2 Å². The van der Waals surface area contributed by atoms with Gasteiger partial charge in [0.05, 0.1) is 53.2 Å². The van der Waals surface area contributed by atoms with Crippen LogP contribution >= 0.6 is 0 Å². The van der Waals surface area contributed by atoms with Crippen molar-refractivity contribution < 1.29 is 14.0 Å². The average Bonchev–Trinajstić information content (AvgIpc) is 3.51. The molecule has 2 fully saturated rings. The number of benzene rings is 1. The molecule has 196 valence electrons. The van der Waals surface area contributed by atoms with Gasteiger partial charge in [-0.15, -0.1) is 0 Å². The van der Waals surface area contributed by atoms with Crippen molar-refractivity contribution in [2.45, 2.75) is 38.1 Å². The molecule has 10 nitrogen and oxygen atoms in total. The monoisotopic (exact) mass is 516 g/mol. The molecule has 4 heterocycles. The Bertz CT molecular complexity index is 1500. The molecular weight excluding hydrogens is 487 g/mol. The van der Waals surface area contributed by atoms with E-state index in [1.54, 1.807) is 27.8 Å². The number of likely N-dealkylation sites (tertiary alicyclic amines) is 1. The molecule has 1 saturated heterocycles. The fourth-order valence-corrected chi connectivity index (χ4v) is 5.32. The van der Waals surface area contributed by atoms with Crippen molar-refractivity contribution in [3.8, 4) is 11.3 Å². The van der Waals surface area contributed by atoms with Crippen molar-refractivity contribution in [3.63, 3.8) is 0 Å². The van der Waals surface area contributed by atoms with Gasteiger partial charge in [0.25, 0.3) is 5.91 Å². The number of nitrogens with one attached hydrogen (secondary N) is 2. The molecule has 6 rings (SSSR count). The minimum absolute atomic E-state index is 0.0236. The quantitative estimate of drug-likeness (QED) is 0.404. The summed E-state index contributed by atoms with van der Waals surface area (Å²) in [5.74, 6) is -1.29. The Morgan fingerprint density at radius 3 is 2.58 bits per heavy atom. The highest BCUT2D eigenvalue weighted by molar-refractivity contribution is 6.09. The van der Waals surface area contributed by atoms with Gasteiger partial charge in [0.2, 0.25) is 5.91 Å².